The van der Waals surface area contributed by atoms with E-state index in [2.05, 4.69) is 0 Å². The van der Waals surface area contributed by atoms with E-state index in [1.807, 2.05) is 18.7 Å². The first kappa shape index (κ1) is 15.6. The summed E-state index contributed by atoms with van der Waals surface area (Å²) in [5.41, 5.74) is 0.658. The molecule has 1 aromatic rings. The maximum absolute atomic E-state index is 11.3. The highest BCUT2D eigenvalue weighted by Crippen LogP contribution is 2.34. The van der Waals surface area contributed by atoms with Crippen LogP contribution in [-0.2, 0) is 9.53 Å². The van der Waals surface area contributed by atoms with E-state index in [1.54, 1.807) is 6.07 Å². The van der Waals surface area contributed by atoms with Crippen molar-refractivity contribution in [3.63, 3.8) is 0 Å². The SMILES string of the molecule is CCN(C(C)c1ccc(O)cc1O)C1COCC1C(=O)O. The van der Waals surface area contributed by atoms with E-state index in [9.17, 15) is 20.1 Å². The number of carbonyl (C=O) groups is 1. The molecule has 3 N–H and O–H groups in total. The molecule has 1 heterocycles. The van der Waals surface area contributed by atoms with Crippen molar-refractivity contribution in [3.05, 3.63) is 23.8 Å². The van der Waals surface area contributed by atoms with Crippen molar-refractivity contribution in [1.82, 2.24) is 4.90 Å². The number of likely N-dealkylation sites (N-methyl/N-ethyl adjacent to an activating group) is 1. The number of hydrogen-bond donors (Lipinski definition) is 3. The van der Waals surface area contributed by atoms with E-state index in [4.69, 9.17) is 4.74 Å². The summed E-state index contributed by atoms with van der Waals surface area (Å²) >= 11 is 0. The van der Waals surface area contributed by atoms with Crippen LogP contribution < -0.4 is 0 Å². The molecule has 1 saturated heterocycles. The second-order valence-corrected chi connectivity index (χ2v) is 5.30. The fourth-order valence-corrected chi connectivity index (χ4v) is 2.97. The third-order valence-electron chi connectivity index (χ3n) is 4.12. The summed E-state index contributed by atoms with van der Waals surface area (Å²) in [4.78, 5) is 13.3. The summed E-state index contributed by atoms with van der Waals surface area (Å²) in [6, 6.07) is 4.06. The zero-order valence-electron chi connectivity index (χ0n) is 12.2. The monoisotopic (exact) mass is 295 g/mol. The predicted octanol–water partition coefficient (Wildman–Crippen LogP) is 1.58. The number of rotatable bonds is 5. The maximum Gasteiger partial charge on any atom is 0.310 e. The normalized spacial score (nSPS) is 23.4. The number of carboxylic acid groups (broad SMARTS) is 1. The van der Waals surface area contributed by atoms with Gasteiger partial charge in [-0.2, -0.15) is 0 Å². The Morgan fingerprint density at radius 2 is 2.14 bits per heavy atom. The quantitative estimate of drug-likeness (QED) is 0.764. The first-order chi connectivity index (χ1) is 9.95. The number of phenolic OH excluding ortho intramolecular Hbond substituents is 2. The third kappa shape index (κ3) is 3.11. The summed E-state index contributed by atoms with van der Waals surface area (Å²) in [5, 5.41) is 28.6. The average molecular weight is 295 g/mol. The number of aromatic hydroxyl groups is 2. The highest BCUT2D eigenvalue weighted by atomic mass is 16.5. The van der Waals surface area contributed by atoms with Crippen LogP contribution in [0, 0.1) is 5.92 Å². The van der Waals surface area contributed by atoms with E-state index in [0.717, 1.165) is 0 Å². The largest absolute Gasteiger partial charge is 0.508 e. The Morgan fingerprint density at radius 3 is 2.71 bits per heavy atom. The molecular formula is C15H21NO5. The molecule has 0 amide bonds. The smallest absolute Gasteiger partial charge is 0.310 e. The first-order valence-electron chi connectivity index (χ1n) is 7.03. The van der Waals surface area contributed by atoms with Gasteiger partial charge >= 0.3 is 5.97 Å². The van der Waals surface area contributed by atoms with Gasteiger partial charge in [-0.15, -0.1) is 0 Å². The molecule has 21 heavy (non-hydrogen) atoms. The molecule has 1 aromatic carbocycles. The van der Waals surface area contributed by atoms with Gasteiger partial charge in [-0.1, -0.05) is 13.0 Å². The molecule has 116 valence electrons. The van der Waals surface area contributed by atoms with Crippen LogP contribution in [0.1, 0.15) is 25.5 Å². The maximum atomic E-state index is 11.3. The van der Waals surface area contributed by atoms with Crippen molar-refractivity contribution < 1.29 is 24.9 Å². The third-order valence-corrected chi connectivity index (χ3v) is 4.12. The zero-order chi connectivity index (χ0) is 15.6. The zero-order valence-corrected chi connectivity index (χ0v) is 12.2. The van der Waals surface area contributed by atoms with E-state index < -0.39 is 11.9 Å². The van der Waals surface area contributed by atoms with E-state index in [1.165, 1.54) is 12.1 Å². The number of hydrogen-bond acceptors (Lipinski definition) is 5. The van der Waals surface area contributed by atoms with E-state index in [-0.39, 0.29) is 30.2 Å². The summed E-state index contributed by atoms with van der Waals surface area (Å²) in [5.74, 6) is -1.42. The van der Waals surface area contributed by atoms with Crippen molar-refractivity contribution in [2.45, 2.75) is 25.9 Å². The van der Waals surface area contributed by atoms with Crippen molar-refractivity contribution >= 4 is 5.97 Å². The highest BCUT2D eigenvalue weighted by molar-refractivity contribution is 5.71. The lowest BCUT2D eigenvalue weighted by Crippen LogP contribution is -2.44. The van der Waals surface area contributed by atoms with Crippen LogP contribution in [0.25, 0.3) is 0 Å². The molecule has 3 atom stereocenters. The summed E-state index contributed by atoms with van der Waals surface area (Å²) in [6.07, 6.45) is 0. The number of aliphatic carboxylic acids is 1. The summed E-state index contributed by atoms with van der Waals surface area (Å²) < 4.78 is 5.32. The van der Waals surface area contributed by atoms with Gasteiger partial charge in [0, 0.05) is 23.7 Å². The molecule has 2 rings (SSSR count). The molecule has 6 heteroatoms. The number of phenols is 2. The molecule has 6 nitrogen and oxygen atoms in total. The Kier molecular flexibility index (Phi) is 4.69. The second kappa shape index (κ2) is 6.32. The van der Waals surface area contributed by atoms with E-state index >= 15 is 0 Å². The second-order valence-electron chi connectivity index (χ2n) is 5.30. The molecule has 0 spiro atoms. The number of benzene rings is 1. The minimum absolute atomic E-state index is 0.000823. The summed E-state index contributed by atoms with van der Waals surface area (Å²) in [7, 11) is 0. The van der Waals surface area contributed by atoms with Crippen molar-refractivity contribution in [2.75, 3.05) is 19.8 Å². The molecule has 0 aromatic heterocycles. The first-order valence-corrected chi connectivity index (χ1v) is 7.03. The molecule has 0 bridgehead atoms. The molecule has 1 aliphatic rings. The van der Waals surface area contributed by atoms with Gasteiger partial charge in [0.1, 0.15) is 11.5 Å². The fourth-order valence-electron chi connectivity index (χ4n) is 2.97. The van der Waals surface area contributed by atoms with Gasteiger partial charge in [-0.25, -0.2) is 0 Å². The van der Waals surface area contributed by atoms with Gasteiger partial charge in [0.2, 0.25) is 0 Å². The fraction of sp³-hybridized carbons (Fsp3) is 0.533. The lowest BCUT2D eigenvalue weighted by molar-refractivity contribution is -0.143. The minimum atomic E-state index is -0.863. The lowest BCUT2D eigenvalue weighted by Gasteiger charge is -2.35. The molecule has 0 radical (unpaired) electrons. The number of ether oxygens (including phenoxy) is 1. The van der Waals surface area contributed by atoms with Crippen LogP contribution in [0.5, 0.6) is 11.5 Å². The van der Waals surface area contributed by atoms with Crippen LogP contribution in [0.4, 0.5) is 0 Å². The Morgan fingerprint density at radius 1 is 1.43 bits per heavy atom. The van der Waals surface area contributed by atoms with Gasteiger partial charge in [0.05, 0.1) is 19.1 Å². The Bertz CT molecular complexity index is 519. The number of nitrogens with zero attached hydrogens (tertiary/aromatic N) is 1. The molecular weight excluding hydrogens is 274 g/mol. The van der Waals surface area contributed by atoms with Crippen molar-refractivity contribution in [1.29, 1.82) is 0 Å². The van der Waals surface area contributed by atoms with Crippen LogP contribution in [0.3, 0.4) is 0 Å². The highest BCUT2D eigenvalue weighted by Gasteiger charge is 2.39. The molecule has 0 aliphatic carbocycles. The van der Waals surface area contributed by atoms with Crippen molar-refractivity contribution in [3.8, 4) is 11.5 Å². The molecule has 1 fully saturated rings. The van der Waals surface area contributed by atoms with Crippen LogP contribution in [0.15, 0.2) is 18.2 Å². The Hall–Kier alpha value is -1.79. The van der Waals surface area contributed by atoms with Gasteiger partial charge in [0.15, 0.2) is 0 Å². The van der Waals surface area contributed by atoms with E-state index in [0.29, 0.717) is 18.7 Å². The molecule has 1 aliphatic heterocycles. The predicted molar refractivity (Wildman–Crippen MR) is 76.3 cm³/mol. The minimum Gasteiger partial charge on any atom is -0.508 e. The summed E-state index contributed by atoms with van der Waals surface area (Å²) in [6.45, 7) is 5.08. The van der Waals surface area contributed by atoms with Gasteiger partial charge in [0.25, 0.3) is 0 Å². The van der Waals surface area contributed by atoms with Gasteiger partial charge < -0.3 is 20.1 Å². The van der Waals surface area contributed by atoms with Crippen LogP contribution in [-0.4, -0.2) is 52.0 Å². The van der Waals surface area contributed by atoms with Crippen molar-refractivity contribution in [2.24, 2.45) is 5.92 Å². The van der Waals surface area contributed by atoms with Crippen LogP contribution >= 0.6 is 0 Å². The Labute approximate surface area is 123 Å². The topological polar surface area (TPSA) is 90.2 Å². The van der Waals surface area contributed by atoms with Gasteiger partial charge in [-0.3, -0.25) is 9.69 Å². The molecule has 0 saturated carbocycles. The lowest BCUT2D eigenvalue weighted by atomic mass is 9.97. The average Bonchev–Trinajstić information content (AvgIpc) is 2.88. The Balaban J connectivity index is 2.26. The number of carboxylic acids is 1. The standard InChI is InChI=1S/C15H21NO5/c1-3-16(13-8-21-7-12(13)15(19)20)9(2)11-5-4-10(17)6-14(11)18/h4-6,9,12-13,17-18H,3,7-8H2,1-2H3,(H,19,20). The molecule has 3 unspecified atom stereocenters. The van der Waals surface area contributed by atoms with Gasteiger partial charge in [-0.05, 0) is 19.5 Å². The van der Waals surface area contributed by atoms with Crippen LogP contribution in [0.2, 0.25) is 0 Å².